The minimum absolute atomic E-state index is 0.0626. The number of thiol groups is 1. The predicted octanol–water partition coefficient (Wildman–Crippen LogP) is 1.67. The molecule has 18 heavy (non-hydrogen) atoms. The van der Waals surface area contributed by atoms with Crippen molar-refractivity contribution in [2.75, 3.05) is 5.75 Å². The number of aryl methyl sites for hydroxylation is 1. The summed E-state index contributed by atoms with van der Waals surface area (Å²) < 4.78 is 0. The highest BCUT2D eigenvalue weighted by Crippen LogP contribution is 2.22. The zero-order chi connectivity index (χ0) is 13.7. The maximum atomic E-state index is 11.9. The van der Waals surface area contributed by atoms with Gasteiger partial charge in [-0.1, -0.05) is 0 Å². The molecule has 0 aliphatic carbocycles. The van der Waals surface area contributed by atoms with E-state index in [0.717, 1.165) is 4.88 Å². The van der Waals surface area contributed by atoms with Crippen LogP contribution in [0.5, 0.6) is 0 Å². The van der Waals surface area contributed by atoms with Crippen LogP contribution in [0.3, 0.4) is 0 Å². The minimum atomic E-state index is -0.589. The summed E-state index contributed by atoms with van der Waals surface area (Å²) in [5.41, 5.74) is 0. The standard InChI is InChI=1S/C12H18N2O2S2/c1-7-4-5-11(18-7)8(2)13-12(16)10(6-17)14-9(3)15/h4-5,8,10,17H,6H2,1-3H3,(H,13,16)(H,14,15). The maximum absolute atomic E-state index is 11.9. The second kappa shape index (κ2) is 6.80. The maximum Gasteiger partial charge on any atom is 0.243 e. The van der Waals surface area contributed by atoms with E-state index in [4.69, 9.17) is 0 Å². The van der Waals surface area contributed by atoms with Crippen LogP contribution in [0.1, 0.15) is 29.6 Å². The first kappa shape index (κ1) is 15.0. The average Bonchev–Trinajstić information content (AvgIpc) is 2.72. The Morgan fingerprint density at radius 2 is 2.06 bits per heavy atom. The minimum Gasteiger partial charge on any atom is -0.347 e. The number of carbonyl (C=O) groups excluding carboxylic acids is 2. The van der Waals surface area contributed by atoms with Crippen LogP contribution in [0.4, 0.5) is 0 Å². The van der Waals surface area contributed by atoms with Gasteiger partial charge in [-0.15, -0.1) is 11.3 Å². The van der Waals surface area contributed by atoms with Crippen molar-refractivity contribution in [3.05, 3.63) is 21.9 Å². The van der Waals surface area contributed by atoms with Gasteiger partial charge in [0.1, 0.15) is 6.04 Å². The van der Waals surface area contributed by atoms with Gasteiger partial charge in [-0.2, -0.15) is 12.6 Å². The van der Waals surface area contributed by atoms with Gasteiger partial charge in [0.05, 0.1) is 6.04 Å². The SMILES string of the molecule is CC(=O)NC(CS)C(=O)NC(C)c1ccc(C)s1. The van der Waals surface area contributed by atoms with Crippen LogP contribution in [0.2, 0.25) is 0 Å². The highest BCUT2D eigenvalue weighted by molar-refractivity contribution is 7.80. The molecule has 0 aliphatic rings. The number of rotatable bonds is 5. The van der Waals surface area contributed by atoms with Gasteiger partial charge < -0.3 is 10.6 Å². The summed E-state index contributed by atoms with van der Waals surface area (Å²) in [4.78, 5) is 25.2. The number of hydrogen-bond donors (Lipinski definition) is 3. The van der Waals surface area contributed by atoms with Gasteiger partial charge in [0.25, 0.3) is 0 Å². The Labute approximate surface area is 117 Å². The molecule has 1 aromatic heterocycles. The predicted molar refractivity (Wildman–Crippen MR) is 77.1 cm³/mol. The molecule has 1 rings (SSSR count). The second-order valence-electron chi connectivity index (χ2n) is 4.11. The molecule has 1 aromatic rings. The van der Waals surface area contributed by atoms with Crippen molar-refractivity contribution in [3.8, 4) is 0 Å². The third kappa shape index (κ3) is 4.34. The number of hydrogen-bond acceptors (Lipinski definition) is 4. The molecule has 100 valence electrons. The molecular formula is C12H18N2O2S2. The van der Waals surface area contributed by atoms with Crippen molar-refractivity contribution in [1.82, 2.24) is 10.6 Å². The third-order valence-electron chi connectivity index (χ3n) is 2.42. The van der Waals surface area contributed by atoms with Crippen LogP contribution in [0.25, 0.3) is 0 Å². The first-order chi connectivity index (χ1) is 8.43. The summed E-state index contributed by atoms with van der Waals surface area (Å²) in [5.74, 6) is -0.163. The van der Waals surface area contributed by atoms with Gasteiger partial charge in [-0.25, -0.2) is 0 Å². The normalized spacial score (nSPS) is 13.8. The van der Waals surface area contributed by atoms with Gasteiger partial charge in [0.15, 0.2) is 0 Å². The molecule has 6 heteroatoms. The van der Waals surface area contributed by atoms with Crippen molar-refractivity contribution in [2.45, 2.75) is 32.9 Å². The molecule has 0 bridgehead atoms. The summed E-state index contributed by atoms with van der Waals surface area (Å²) in [5, 5.41) is 5.44. The second-order valence-corrected chi connectivity index (χ2v) is 5.80. The van der Waals surface area contributed by atoms with Crippen molar-refractivity contribution < 1.29 is 9.59 Å². The average molecular weight is 286 g/mol. The zero-order valence-electron chi connectivity index (χ0n) is 10.7. The van der Waals surface area contributed by atoms with E-state index in [-0.39, 0.29) is 23.6 Å². The first-order valence-electron chi connectivity index (χ1n) is 5.68. The monoisotopic (exact) mass is 286 g/mol. The summed E-state index contributed by atoms with van der Waals surface area (Å²) in [6, 6.07) is 3.37. The Balaban J connectivity index is 2.60. The van der Waals surface area contributed by atoms with Gasteiger partial charge in [-0.05, 0) is 26.0 Å². The molecule has 0 radical (unpaired) electrons. The molecule has 0 saturated carbocycles. The van der Waals surface area contributed by atoms with E-state index < -0.39 is 6.04 Å². The molecule has 0 spiro atoms. The highest BCUT2D eigenvalue weighted by Gasteiger charge is 2.20. The Bertz CT molecular complexity index is 431. The van der Waals surface area contributed by atoms with Crippen molar-refractivity contribution in [1.29, 1.82) is 0 Å². The molecule has 0 aromatic carbocycles. The summed E-state index contributed by atoms with van der Waals surface area (Å²) in [7, 11) is 0. The smallest absolute Gasteiger partial charge is 0.243 e. The van der Waals surface area contributed by atoms with E-state index >= 15 is 0 Å². The molecule has 2 N–H and O–H groups in total. The molecule has 0 fully saturated rings. The van der Waals surface area contributed by atoms with Gasteiger partial charge >= 0.3 is 0 Å². The highest BCUT2D eigenvalue weighted by atomic mass is 32.1. The van der Waals surface area contributed by atoms with Crippen molar-refractivity contribution in [3.63, 3.8) is 0 Å². The van der Waals surface area contributed by atoms with E-state index in [9.17, 15) is 9.59 Å². The van der Waals surface area contributed by atoms with Crippen LogP contribution < -0.4 is 10.6 Å². The first-order valence-corrected chi connectivity index (χ1v) is 7.13. The fourth-order valence-corrected chi connectivity index (χ4v) is 2.65. The lowest BCUT2D eigenvalue weighted by Gasteiger charge is -2.18. The molecule has 0 saturated heterocycles. The molecule has 2 atom stereocenters. The Kier molecular flexibility index (Phi) is 5.68. The quantitative estimate of drug-likeness (QED) is 0.721. The van der Waals surface area contributed by atoms with E-state index in [1.165, 1.54) is 11.8 Å². The van der Waals surface area contributed by atoms with E-state index in [1.807, 2.05) is 26.0 Å². The fourth-order valence-electron chi connectivity index (χ4n) is 1.51. The van der Waals surface area contributed by atoms with Crippen molar-refractivity contribution in [2.24, 2.45) is 0 Å². The van der Waals surface area contributed by atoms with Gasteiger partial charge in [0, 0.05) is 22.4 Å². The number of carbonyl (C=O) groups is 2. The number of amides is 2. The van der Waals surface area contributed by atoms with E-state index in [1.54, 1.807) is 11.3 Å². The summed E-state index contributed by atoms with van der Waals surface area (Å²) in [6.45, 7) is 5.33. The molecular weight excluding hydrogens is 268 g/mol. The Morgan fingerprint density at radius 1 is 1.39 bits per heavy atom. The van der Waals surface area contributed by atoms with Crippen LogP contribution in [-0.4, -0.2) is 23.6 Å². The zero-order valence-corrected chi connectivity index (χ0v) is 12.4. The van der Waals surface area contributed by atoms with E-state index in [2.05, 4.69) is 23.3 Å². The molecule has 1 heterocycles. The third-order valence-corrected chi connectivity index (χ3v) is 3.97. The Morgan fingerprint density at radius 3 is 2.50 bits per heavy atom. The fraction of sp³-hybridized carbons (Fsp3) is 0.500. The molecule has 2 unspecified atom stereocenters. The largest absolute Gasteiger partial charge is 0.347 e. The molecule has 0 aliphatic heterocycles. The van der Waals surface area contributed by atoms with E-state index in [0.29, 0.717) is 0 Å². The van der Waals surface area contributed by atoms with Crippen LogP contribution in [-0.2, 0) is 9.59 Å². The number of nitrogens with one attached hydrogen (secondary N) is 2. The van der Waals surface area contributed by atoms with Crippen molar-refractivity contribution >= 4 is 35.8 Å². The van der Waals surface area contributed by atoms with Gasteiger partial charge in [0.2, 0.25) is 11.8 Å². The summed E-state index contributed by atoms with van der Waals surface area (Å²) in [6.07, 6.45) is 0. The van der Waals surface area contributed by atoms with Crippen LogP contribution >= 0.6 is 24.0 Å². The summed E-state index contributed by atoms with van der Waals surface area (Å²) >= 11 is 5.72. The molecule has 2 amide bonds. The van der Waals surface area contributed by atoms with Gasteiger partial charge in [-0.3, -0.25) is 9.59 Å². The topological polar surface area (TPSA) is 58.2 Å². The van der Waals surface area contributed by atoms with Crippen LogP contribution in [0, 0.1) is 6.92 Å². The number of thiophene rings is 1. The molecule has 4 nitrogen and oxygen atoms in total. The lowest BCUT2D eigenvalue weighted by atomic mass is 10.2. The van der Waals surface area contributed by atoms with Crippen LogP contribution in [0.15, 0.2) is 12.1 Å². The lowest BCUT2D eigenvalue weighted by molar-refractivity contribution is -0.127. The Hall–Kier alpha value is -1.01. The lowest BCUT2D eigenvalue weighted by Crippen LogP contribution is -2.47.